The first-order chi connectivity index (χ1) is 10.1. The van der Waals surface area contributed by atoms with Gasteiger partial charge in [-0.1, -0.05) is 6.92 Å². The Labute approximate surface area is 133 Å². The van der Waals surface area contributed by atoms with Crippen LogP contribution in [0.3, 0.4) is 0 Å². The van der Waals surface area contributed by atoms with E-state index in [-0.39, 0.29) is 0 Å². The second-order valence-corrected chi connectivity index (χ2v) is 7.91. The van der Waals surface area contributed by atoms with Gasteiger partial charge in [-0.25, -0.2) is 0 Å². The summed E-state index contributed by atoms with van der Waals surface area (Å²) < 4.78 is 7.91. The van der Waals surface area contributed by atoms with Crippen LogP contribution in [0.2, 0.25) is 0 Å². The van der Waals surface area contributed by atoms with Gasteiger partial charge in [-0.15, -0.1) is 0 Å². The number of thioether (sulfide) groups is 1. The van der Waals surface area contributed by atoms with Crippen LogP contribution in [-0.4, -0.2) is 40.0 Å². The molecule has 1 atom stereocenters. The third-order valence-electron chi connectivity index (χ3n) is 4.24. The van der Waals surface area contributed by atoms with E-state index in [4.69, 9.17) is 4.74 Å². The zero-order chi connectivity index (χ0) is 15.3. The predicted octanol–water partition coefficient (Wildman–Crippen LogP) is 3.42. The third kappa shape index (κ3) is 4.47. The van der Waals surface area contributed by atoms with Gasteiger partial charge in [-0.2, -0.15) is 16.9 Å². The van der Waals surface area contributed by atoms with Crippen LogP contribution in [-0.2, 0) is 4.74 Å². The second kappa shape index (κ2) is 7.65. The van der Waals surface area contributed by atoms with Crippen molar-refractivity contribution in [3.05, 3.63) is 18.0 Å². The molecule has 0 aliphatic carbocycles. The Hall–Kier alpha value is -0.520. The molecule has 4 nitrogen and oxygen atoms in total. The van der Waals surface area contributed by atoms with Gasteiger partial charge in [0.2, 0.25) is 0 Å². The summed E-state index contributed by atoms with van der Waals surface area (Å²) in [6, 6.07) is 0.762. The van der Waals surface area contributed by atoms with Crippen LogP contribution in [0.15, 0.2) is 12.4 Å². The normalized spacial score (nSPS) is 19.9. The van der Waals surface area contributed by atoms with Crippen LogP contribution in [0.25, 0.3) is 0 Å². The average molecular weight is 311 g/mol. The molecular weight excluding hydrogens is 282 g/mol. The Morgan fingerprint density at radius 2 is 2.10 bits per heavy atom. The Morgan fingerprint density at radius 3 is 2.67 bits per heavy atom. The summed E-state index contributed by atoms with van der Waals surface area (Å²) in [7, 11) is 0. The molecule has 1 aliphatic heterocycles. The maximum absolute atomic E-state index is 5.54. The minimum absolute atomic E-state index is 0.342. The Balaban J connectivity index is 1.92. The van der Waals surface area contributed by atoms with Crippen molar-refractivity contribution >= 4 is 11.8 Å². The zero-order valence-electron chi connectivity index (χ0n) is 13.8. The number of hydrogen-bond donors (Lipinski definition) is 1. The van der Waals surface area contributed by atoms with Crippen molar-refractivity contribution in [2.45, 2.75) is 57.4 Å². The molecule has 0 saturated carbocycles. The lowest BCUT2D eigenvalue weighted by Gasteiger charge is -2.37. The van der Waals surface area contributed by atoms with Gasteiger partial charge in [0.25, 0.3) is 0 Å². The molecule has 1 aromatic heterocycles. The predicted molar refractivity (Wildman–Crippen MR) is 89.9 cm³/mol. The molecule has 0 unspecified atom stereocenters. The molecular formula is C16H29N3OS. The molecule has 1 saturated heterocycles. The molecule has 0 radical (unpaired) electrons. The van der Waals surface area contributed by atoms with E-state index in [9.17, 15) is 0 Å². The molecule has 0 amide bonds. The highest BCUT2D eigenvalue weighted by Gasteiger charge is 2.32. The van der Waals surface area contributed by atoms with Crippen molar-refractivity contribution in [1.82, 2.24) is 15.1 Å². The van der Waals surface area contributed by atoms with Crippen molar-refractivity contribution in [3.8, 4) is 0 Å². The van der Waals surface area contributed by atoms with Gasteiger partial charge in [0.15, 0.2) is 0 Å². The number of rotatable bonds is 7. The smallest absolute Gasteiger partial charge is 0.0537 e. The highest BCUT2D eigenvalue weighted by molar-refractivity contribution is 8.00. The van der Waals surface area contributed by atoms with E-state index in [0.717, 1.165) is 32.6 Å². The fraction of sp³-hybridized carbons (Fsp3) is 0.812. The van der Waals surface area contributed by atoms with Gasteiger partial charge in [-0.3, -0.25) is 4.68 Å². The van der Waals surface area contributed by atoms with Crippen LogP contribution in [0.4, 0.5) is 0 Å². The maximum Gasteiger partial charge on any atom is 0.0537 e. The average Bonchev–Trinajstić information content (AvgIpc) is 2.96. The molecule has 1 fully saturated rings. The first-order valence-electron chi connectivity index (χ1n) is 8.05. The van der Waals surface area contributed by atoms with Gasteiger partial charge in [0.05, 0.1) is 6.20 Å². The lowest BCUT2D eigenvalue weighted by Crippen LogP contribution is -2.43. The van der Waals surface area contributed by atoms with E-state index >= 15 is 0 Å². The quantitative estimate of drug-likeness (QED) is 0.837. The van der Waals surface area contributed by atoms with Gasteiger partial charge in [0.1, 0.15) is 0 Å². The van der Waals surface area contributed by atoms with Crippen LogP contribution in [0.1, 0.15) is 58.2 Å². The Kier molecular flexibility index (Phi) is 6.14. The van der Waals surface area contributed by atoms with E-state index in [0.29, 0.717) is 16.8 Å². The maximum atomic E-state index is 5.54. The van der Waals surface area contributed by atoms with Crippen molar-refractivity contribution in [2.24, 2.45) is 0 Å². The largest absolute Gasteiger partial charge is 0.381 e. The number of aromatic nitrogens is 2. The SMILES string of the molecule is CCSC1(CN[C@H](C)c2cnn(C(C)C)c2)CCOCC1. The summed E-state index contributed by atoms with van der Waals surface area (Å²) in [5.41, 5.74) is 1.27. The van der Waals surface area contributed by atoms with Crippen molar-refractivity contribution in [2.75, 3.05) is 25.5 Å². The van der Waals surface area contributed by atoms with Gasteiger partial charge >= 0.3 is 0 Å². The van der Waals surface area contributed by atoms with Crippen LogP contribution < -0.4 is 5.32 Å². The standard InChI is InChI=1S/C16H29N3OS/c1-5-21-16(6-8-20-9-7-16)12-17-14(4)15-10-18-19(11-15)13(2)3/h10-11,13-14,17H,5-9,12H2,1-4H3/t14-/m1/s1. The first-order valence-corrected chi connectivity index (χ1v) is 9.04. The van der Waals surface area contributed by atoms with Crippen LogP contribution >= 0.6 is 11.8 Å². The summed E-state index contributed by atoms with van der Waals surface area (Å²) in [5.74, 6) is 1.17. The fourth-order valence-corrected chi connectivity index (χ4v) is 3.99. The number of hydrogen-bond acceptors (Lipinski definition) is 4. The summed E-state index contributed by atoms with van der Waals surface area (Å²) in [6.45, 7) is 11.6. The molecule has 120 valence electrons. The first kappa shape index (κ1) is 16.8. The third-order valence-corrected chi connectivity index (χ3v) is 5.69. The van der Waals surface area contributed by atoms with Gasteiger partial charge in [-0.05, 0) is 39.4 Å². The molecule has 2 heterocycles. The summed E-state index contributed by atoms with van der Waals surface area (Å²) in [5, 5.41) is 8.15. The Bertz CT molecular complexity index is 421. The number of nitrogens with one attached hydrogen (secondary N) is 1. The lowest BCUT2D eigenvalue weighted by molar-refractivity contribution is 0.0766. The highest BCUT2D eigenvalue weighted by Crippen LogP contribution is 2.35. The van der Waals surface area contributed by atoms with Crippen LogP contribution in [0.5, 0.6) is 0 Å². The van der Waals surface area contributed by atoms with E-state index in [1.807, 2.05) is 10.9 Å². The molecule has 5 heteroatoms. The fourth-order valence-electron chi connectivity index (χ4n) is 2.74. The molecule has 0 bridgehead atoms. The second-order valence-electron chi connectivity index (χ2n) is 6.18. The minimum atomic E-state index is 0.342. The van der Waals surface area contributed by atoms with Crippen molar-refractivity contribution < 1.29 is 4.74 Å². The van der Waals surface area contributed by atoms with Crippen molar-refractivity contribution in [1.29, 1.82) is 0 Å². The monoisotopic (exact) mass is 311 g/mol. The van der Waals surface area contributed by atoms with Gasteiger partial charge in [0, 0.05) is 48.3 Å². The summed E-state index contributed by atoms with van der Waals surface area (Å²) >= 11 is 2.08. The number of nitrogens with zero attached hydrogens (tertiary/aromatic N) is 2. The number of ether oxygens (including phenoxy) is 1. The molecule has 1 N–H and O–H groups in total. The van der Waals surface area contributed by atoms with E-state index < -0.39 is 0 Å². The molecule has 1 aliphatic rings. The molecule has 0 aromatic carbocycles. The highest BCUT2D eigenvalue weighted by atomic mass is 32.2. The molecule has 0 spiro atoms. The van der Waals surface area contributed by atoms with Crippen molar-refractivity contribution in [3.63, 3.8) is 0 Å². The topological polar surface area (TPSA) is 39.1 Å². The Morgan fingerprint density at radius 1 is 1.38 bits per heavy atom. The molecule has 2 rings (SSSR count). The summed E-state index contributed by atoms with van der Waals surface area (Å²) in [4.78, 5) is 0. The minimum Gasteiger partial charge on any atom is -0.381 e. The summed E-state index contributed by atoms with van der Waals surface area (Å²) in [6.07, 6.45) is 6.44. The van der Waals surface area contributed by atoms with Gasteiger partial charge < -0.3 is 10.1 Å². The molecule has 1 aromatic rings. The van der Waals surface area contributed by atoms with Crippen LogP contribution in [0, 0.1) is 0 Å². The van der Waals surface area contributed by atoms with E-state index in [2.05, 4.69) is 56.1 Å². The van der Waals surface area contributed by atoms with E-state index in [1.54, 1.807) is 0 Å². The lowest BCUT2D eigenvalue weighted by atomic mass is 9.98. The zero-order valence-corrected chi connectivity index (χ0v) is 14.6. The molecule has 21 heavy (non-hydrogen) atoms. The van der Waals surface area contributed by atoms with E-state index in [1.165, 1.54) is 11.3 Å².